The third kappa shape index (κ3) is 7.12. The molecule has 0 bridgehead atoms. The number of benzene rings is 1. The highest BCUT2D eigenvalue weighted by atomic mass is 35.5. The first-order valence-corrected chi connectivity index (χ1v) is 15.0. The average Bonchev–Trinajstić information content (AvgIpc) is 3.56. The van der Waals surface area contributed by atoms with Crippen LogP contribution in [0, 0.1) is 17.2 Å². The third-order valence-corrected chi connectivity index (χ3v) is 9.82. The van der Waals surface area contributed by atoms with Crippen LogP contribution in [0.15, 0.2) is 24.3 Å². The molecule has 6 nitrogen and oxygen atoms in total. The number of nitrogens with zero attached hydrogens (tertiary/aromatic N) is 3. The fourth-order valence-corrected chi connectivity index (χ4v) is 7.75. The number of piperidine rings is 1. The lowest BCUT2D eigenvalue weighted by Gasteiger charge is -2.41. The number of aryl methyl sites for hydroxylation is 2. The molecular formula is C32H50Cl3FN4O2. The van der Waals surface area contributed by atoms with Crippen molar-refractivity contribution in [1.29, 1.82) is 0 Å². The summed E-state index contributed by atoms with van der Waals surface area (Å²) in [5, 5.41) is 18.9. The first-order chi connectivity index (χ1) is 18.5. The van der Waals surface area contributed by atoms with Crippen LogP contribution in [0.2, 0.25) is 0 Å². The molecule has 1 spiro atoms. The van der Waals surface area contributed by atoms with Gasteiger partial charge in [0.05, 0.1) is 5.69 Å². The summed E-state index contributed by atoms with van der Waals surface area (Å²) in [6.45, 7) is 15.2. The van der Waals surface area contributed by atoms with Crippen LogP contribution in [-0.4, -0.2) is 57.5 Å². The van der Waals surface area contributed by atoms with E-state index in [1.165, 1.54) is 29.4 Å². The van der Waals surface area contributed by atoms with Crippen LogP contribution >= 0.6 is 37.2 Å². The molecule has 1 aromatic carbocycles. The maximum absolute atomic E-state index is 14.3. The molecule has 10 heteroatoms. The van der Waals surface area contributed by atoms with Gasteiger partial charge in [-0.2, -0.15) is 5.10 Å². The van der Waals surface area contributed by atoms with Crippen LogP contribution in [0.25, 0.3) is 0 Å². The van der Waals surface area contributed by atoms with Gasteiger partial charge in [-0.05, 0) is 105 Å². The number of carbonyl (C=O) groups is 1. The first-order valence-electron chi connectivity index (χ1n) is 15.0. The third-order valence-electron chi connectivity index (χ3n) is 9.82. The Morgan fingerprint density at radius 1 is 1.12 bits per heavy atom. The Bertz CT molecular complexity index is 1210. The summed E-state index contributed by atoms with van der Waals surface area (Å²) in [5.41, 5.74) is 4.41. The fourth-order valence-electron chi connectivity index (χ4n) is 7.75. The summed E-state index contributed by atoms with van der Waals surface area (Å²) in [5.74, 6) is -0.882. The molecule has 1 aromatic heterocycles. The summed E-state index contributed by atoms with van der Waals surface area (Å²) in [6, 6.07) is 6.82. The summed E-state index contributed by atoms with van der Waals surface area (Å²) in [6.07, 6.45) is 6.65. The second-order valence-corrected chi connectivity index (χ2v) is 13.7. The lowest BCUT2D eigenvalue weighted by molar-refractivity contribution is -0.145. The molecular weight excluding hydrogens is 598 g/mol. The number of carboxylic acid groups (broad SMARTS) is 1. The van der Waals surface area contributed by atoms with E-state index < -0.39 is 11.5 Å². The van der Waals surface area contributed by atoms with E-state index in [4.69, 9.17) is 5.10 Å². The van der Waals surface area contributed by atoms with Gasteiger partial charge in [0.1, 0.15) is 11.4 Å². The normalized spacial score (nSPS) is 24.9. The number of aliphatic carboxylic acids is 1. The van der Waals surface area contributed by atoms with Crippen LogP contribution in [0.5, 0.6) is 0 Å². The molecule has 3 atom stereocenters. The topological polar surface area (TPSA) is 70.4 Å². The minimum Gasteiger partial charge on any atom is -0.480 e. The van der Waals surface area contributed by atoms with E-state index in [1.807, 2.05) is 6.07 Å². The van der Waals surface area contributed by atoms with Crippen molar-refractivity contribution in [3.8, 4) is 0 Å². The number of fused-ring (bicyclic) bond motifs is 2. The Hall–Kier alpha value is -1.38. The number of likely N-dealkylation sites (tertiary alicyclic amines) is 1. The summed E-state index contributed by atoms with van der Waals surface area (Å²) >= 11 is 0. The second-order valence-electron chi connectivity index (χ2n) is 13.7. The smallest absolute Gasteiger partial charge is 0.323 e. The van der Waals surface area contributed by atoms with Crippen molar-refractivity contribution >= 4 is 43.2 Å². The second kappa shape index (κ2) is 14.2. The predicted octanol–water partition coefficient (Wildman–Crippen LogP) is 6.80. The van der Waals surface area contributed by atoms with Gasteiger partial charge in [0.2, 0.25) is 0 Å². The van der Waals surface area contributed by atoms with E-state index in [-0.39, 0.29) is 65.7 Å². The molecule has 2 aliphatic carbocycles. The van der Waals surface area contributed by atoms with Gasteiger partial charge in [-0.25, -0.2) is 4.39 Å². The standard InChI is InChI=1S/C32H47FN4O2.3ClH/c1-6-27-25-11-12-31(28(25)37(7-2)35-27)13-15-36(16-14-31)20-23-18-32(29(38)39,34-21-30(3,4)5)19-26(23)22-9-8-10-24(33)17-22;;;/h8-10,17,23,26,34H,6-7,11-16,18-21H2,1-5H3,(H,38,39);3*1H/t23-,26-,32?;;;/m1.../s1. The molecule has 1 saturated carbocycles. The van der Waals surface area contributed by atoms with Crippen LogP contribution in [-0.2, 0) is 29.6 Å². The van der Waals surface area contributed by atoms with Crippen LogP contribution in [0.1, 0.15) is 95.2 Å². The van der Waals surface area contributed by atoms with Crippen LogP contribution in [0.3, 0.4) is 0 Å². The molecule has 2 heterocycles. The molecule has 0 amide bonds. The van der Waals surface area contributed by atoms with Crippen LogP contribution < -0.4 is 5.32 Å². The van der Waals surface area contributed by atoms with Gasteiger partial charge in [0.15, 0.2) is 0 Å². The van der Waals surface area contributed by atoms with Gasteiger partial charge < -0.3 is 15.3 Å². The Morgan fingerprint density at radius 2 is 1.81 bits per heavy atom. The lowest BCUT2D eigenvalue weighted by Crippen LogP contribution is -2.53. The van der Waals surface area contributed by atoms with Crippen molar-refractivity contribution in [3.63, 3.8) is 0 Å². The molecule has 238 valence electrons. The van der Waals surface area contributed by atoms with E-state index in [9.17, 15) is 14.3 Å². The molecule has 2 N–H and O–H groups in total. The number of hydrogen-bond acceptors (Lipinski definition) is 4. The largest absolute Gasteiger partial charge is 0.480 e. The van der Waals surface area contributed by atoms with Crippen molar-refractivity contribution in [2.24, 2.45) is 11.3 Å². The zero-order chi connectivity index (χ0) is 28.0. The van der Waals surface area contributed by atoms with Gasteiger partial charge in [0.25, 0.3) is 0 Å². The van der Waals surface area contributed by atoms with E-state index >= 15 is 0 Å². The lowest BCUT2D eigenvalue weighted by atomic mass is 9.75. The molecule has 0 radical (unpaired) electrons. The fraction of sp³-hybridized carbons (Fsp3) is 0.688. The number of rotatable bonds is 8. The van der Waals surface area contributed by atoms with Crippen molar-refractivity contribution in [2.75, 3.05) is 26.2 Å². The molecule has 3 aliphatic rings. The zero-order valence-electron chi connectivity index (χ0n) is 25.7. The van der Waals surface area contributed by atoms with Crippen molar-refractivity contribution in [3.05, 3.63) is 52.6 Å². The maximum atomic E-state index is 14.3. The number of aromatic nitrogens is 2. The predicted molar refractivity (Wildman–Crippen MR) is 174 cm³/mol. The molecule has 5 rings (SSSR count). The summed E-state index contributed by atoms with van der Waals surface area (Å²) < 4.78 is 16.6. The van der Waals surface area contributed by atoms with Gasteiger partial charge in [-0.1, -0.05) is 39.8 Å². The van der Waals surface area contributed by atoms with Crippen LogP contribution in [0.4, 0.5) is 4.39 Å². The number of hydrogen-bond donors (Lipinski definition) is 2. The molecule has 42 heavy (non-hydrogen) atoms. The van der Waals surface area contributed by atoms with Gasteiger partial charge in [0, 0.05) is 30.7 Å². The summed E-state index contributed by atoms with van der Waals surface area (Å²) in [4.78, 5) is 15.3. The van der Waals surface area contributed by atoms with Crippen molar-refractivity contribution < 1.29 is 14.3 Å². The number of nitrogens with one attached hydrogen (secondary N) is 1. The molecule has 2 fully saturated rings. The van der Waals surface area contributed by atoms with E-state index in [0.29, 0.717) is 19.4 Å². The Balaban J connectivity index is 0.00000205. The van der Waals surface area contributed by atoms with Gasteiger partial charge in [-0.3, -0.25) is 9.48 Å². The molecule has 1 unspecified atom stereocenters. The van der Waals surface area contributed by atoms with Crippen molar-refractivity contribution in [1.82, 2.24) is 20.0 Å². The Kier molecular flexibility index (Phi) is 12.4. The zero-order valence-corrected chi connectivity index (χ0v) is 28.2. The molecule has 2 aromatic rings. The molecule has 1 aliphatic heterocycles. The highest BCUT2D eigenvalue weighted by Crippen LogP contribution is 2.50. The Labute approximate surface area is 269 Å². The van der Waals surface area contributed by atoms with Gasteiger partial charge >= 0.3 is 5.97 Å². The minimum absolute atomic E-state index is 0. The Morgan fingerprint density at radius 3 is 2.38 bits per heavy atom. The van der Waals surface area contributed by atoms with E-state index in [2.05, 4.69) is 49.5 Å². The highest BCUT2D eigenvalue weighted by molar-refractivity contribution is 5.86. The quantitative estimate of drug-likeness (QED) is 0.330. The maximum Gasteiger partial charge on any atom is 0.323 e. The van der Waals surface area contributed by atoms with Gasteiger partial charge in [-0.15, -0.1) is 37.2 Å². The highest BCUT2D eigenvalue weighted by Gasteiger charge is 2.52. The number of carboxylic acids is 1. The first kappa shape index (κ1) is 36.8. The monoisotopic (exact) mass is 646 g/mol. The van der Waals surface area contributed by atoms with Crippen molar-refractivity contribution in [2.45, 2.75) is 103 Å². The van der Waals surface area contributed by atoms with E-state index in [1.54, 1.807) is 12.1 Å². The van der Waals surface area contributed by atoms with E-state index in [0.717, 1.165) is 57.4 Å². The minimum atomic E-state index is -0.990. The molecule has 1 saturated heterocycles. The average molecular weight is 648 g/mol. The SMILES string of the molecule is CCc1nn(CC)c2c1CCC21CCN(C[C@H]2CC(NCC(C)(C)C)(C(=O)O)C[C@@H]2c2cccc(F)c2)CC1.Cl.Cl.Cl. The summed E-state index contributed by atoms with van der Waals surface area (Å²) in [7, 11) is 0. The number of halogens is 4.